The molecular weight excluding hydrogens is 417 g/mol. The summed E-state index contributed by atoms with van der Waals surface area (Å²) in [7, 11) is -2.18. The number of anilines is 1. The summed E-state index contributed by atoms with van der Waals surface area (Å²) in [5, 5.41) is 0. The van der Waals surface area contributed by atoms with Crippen molar-refractivity contribution < 1.29 is 32.3 Å². The first kappa shape index (κ1) is 20.1. The Kier molecular flexibility index (Phi) is 4.96. The second-order valence-corrected chi connectivity index (χ2v) is 9.31. The van der Waals surface area contributed by atoms with Crippen LogP contribution in [0.4, 0.5) is 5.95 Å². The van der Waals surface area contributed by atoms with E-state index in [1.807, 2.05) is 0 Å². The number of hydrogen-bond acceptors (Lipinski definition) is 11. The molecule has 2 aromatic heterocycles. The van der Waals surface area contributed by atoms with Crippen molar-refractivity contribution >= 4 is 24.9 Å². The van der Waals surface area contributed by atoms with Gasteiger partial charge in [0.15, 0.2) is 11.2 Å². The van der Waals surface area contributed by atoms with Gasteiger partial charge in [-0.3, -0.25) is 18.1 Å². The van der Waals surface area contributed by atoms with Crippen LogP contribution in [0.25, 0.3) is 11.2 Å². The summed E-state index contributed by atoms with van der Waals surface area (Å²) in [6.07, 6.45) is 0.219. The van der Waals surface area contributed by atoms with Crippen molar-refractivity contribution in [2.45, 2.75) is 50.9 Å². The largest absolute Gasteiger partial charge is 0.479 e. The first-order valence-electron chi connectivity index (χ1n) is 9.81. The quantitative estimate of drug-likeness (QED) is 0.692. The first-order valence-corrected chi connectivity index (χ1v) is 11.3. The number of aromatic nitrogens is 4. The third-order valence-electron chi connectivity index (χ3n) is 5.42. The van der Waals surface area contributed by atoms with Crippen molar-refractivity contribution in [1.29, 1.82) is 0 Å². The van der Waals surface area contributed by atoms with Crippen molar-refractivity contribution in [1.82, 2.24) is 19.5 Å². The zero-order valence-electron chi connectivity index (χ0n) is 16.8. The lowest BCUT2D eigenvalue weighted by Gasteiger charge is -2.46. The van der Waals surface area contributed by atoms with Gasteiger partial charge in [-0.2, -0.15) is 9.97 Å². The molecule has 164 valence electrons. The summed E-state index contributed by atoms with van der Waals surface area (Å²) in [5.41, 5.74) is 6.83. The van der Waals surface area contributed by atoms with Crippen LogP contribution in [0.3, 0.4) is 0 Å². The van der Waals surface area contributed by atoms with Gasteiger partial charge in [0.2, 0.25) is 11.8 Å². The van der Waals surface area contributed by atoms with Crippen LogP contribution in [0.15, 0.2) is 6.33 Å². The molecule has 3 aliphatic rings. The molecule has 0 bridgehead atoms. The fraction of sp³-hybridized carbons (Fsp3) is 0.706. The number of hydrogen-bond donors (Lipinski definition) is 1. The third kappa shape index (κ3) is 3.28. The normalized spacial score (nSPS) is 36.1. The predicted molar refractivity (Wildman–Crippen MR) is 103 cm³/mol. The van der Waals surface area contributed by atoms with Crippen LogP contribution in [0.1, 0.15) is 26.5 Å². The number of nitrogens with zero attached hydrogens (tertiary/aromatic N) is 4. The average Bonchev–Trinajstić information content (AvgIpc) is 3.33. The summed E-state index contributed by atoms with van der Waals surface area (Å²) in [4.78, 5) is 12.8. The van der Waals surface area contributed by atoms with Crippen LogP contribution < -0.4 is 10.5 Å². The molecule has 3 aliphatic heterocycles. The Labute approximate surface area is 172 Å². The number of fused-ring (bicyclic) bond motifs is 4. The molecule has 2 aromatic rings. The first-order chi connectivity index (χ1) is 14.4. The highest BCUT2D eigenvalue weighted by atomic mass is 31.2. The van der Waals surface area contributed by atoms with Gasteiger partial charge in [-0.1, -0.05) is 0 Å². The summed E-state index contributed by atoms with van der Waals surface area (Å²) < 4.78 is 48.9. The highest BCUT2D eigenvalue weighted by molar-refractivity contribution is 7.48. The standard InChI is InChI=1S/C17H24N5O7P/c1-8(2)28-30(23)26-6-10-13(29-30)12-9(4-5-25-12)16(27-10)22-7-19-11-14(22)20-17(18)21-15(11)24-3/h7-10,12-13,16H,4-6H2,1-3H3,(H2,18,20,21)/t9-,10?,12?,13+,16?,30?/m0/s1. The van der Waals surface area contributed by atoms with Crippen LogP contribution in [0.5, 0.6) is 5.88 Å². The number of rotatable bonds is 4. The van der Waals surface area contributed by atoms with E-state index in [1.54, 1.807) is 24.7 Å². The van der Waals surface area contributed by atoms with E-state index in [2.05, 4.69) is 15.0 Å². The Morgan fingerprint density at radius 3 is 2.93 bits per heavy atom. The van der Waals surface area contributed by atoms with Gasteiger partial charge in [0.05, 0.1) is 32.3 Å². The number of imidazole rings is 1. The maximum atomic E-state index is 12.8. The van der Waals surface area contributed by atoms with E-state index >= 15 is 0 Å². The van der Waals surface area contributed by atoms with Crippen molar-refractivity contribution in [3.63, 3.8) is 0 Å². The van der Waals surface area contributed by atoms with E-state index in [0.29, 0.717) is 23.7 Å². The third-order valence-corrected chi connectivity index (χ3v) is 7.06. The van der Waals surface area contributed by atoms with Gasteiger partial charge in [0.25, 0.3) is 0 Å². The molecular formula is C17H24N5O7P. The van der Waals surface area contributed by atoms with Crippen molar-refractivity contribution in [3.05, 3.63) is 6.33 Å². The highest BCUT2D eigenvalue weighted by Crippen LogP contribution is 2.58. The van der Waals surface area contributed by atoms with Gasteiger partial charge >= 0.3 is 7.82 Å². The summed E-state index contributed by atoms with van der Waals surface area (Å²) >= 11 is 0. The zero-order chi connectivity index (χ0) is 21.0. The topological polar surface area (TPSA) is 142 Å². The molecule has 13 heteroatoms. The van der Waals surface area contributed by atoms with E-state index in [9.17, 15) is 4.57 Å². The van der Waals surface area contributed by atoms with Crippen LogP contribution in [-0.2, 0) is 27.6 Å². The summed E-state index contributed by atoms with van der Waals surface area (Å²) in [5.74, 6) is 0.293. The smallest absolute Gasteiger partial charge is 0.475 e. The molecule has 0 aromatic carbocycles. The molecule has 3 saturated heterocycles. The molecule has 0 radical (unpaired) electrons. The van der Waals surface area contributed by atoms with E-state index < -0.39 is 26.3 Å². The minimum Gasteiger partial charge on any atom is -0.479 e. The zero-order valence-corrected chi connectivity index (χ0v) is 17.7. The van der Waals surface area contributed by atoms with Crippen molar-refractivity contribution in [2.75, 3.05) is 26.1 Å². The van der Waals surface area contributed by atoms with E-state index in [-0.39, 0.29) is 30.7 Å². The Morgan fingerprint density at radius 1 is 1.33 bits per heavy atom. The summed E-state index contributed by atoms with van der Waals surface area (Å²) in [6.45, 7) is 4.13. The SMILES string of the molecule is COc1nc(N)nc2c1ncn2C1OC2COP(=O)(OC(C)C)O[C@H]2C2OCC[C@@H]21. The Hall–Kier alpha value is -1.82. The fourth-order valence-electron chi connectivity index (χ4n) is 4.27. The molecule has 0 amide bonds. The number of phosphoric ester groups is 1. The predicted octanol–water partition coefficient (Wildman–Crippen LogP) is 1.67. The fourth-order valence-corrected chi connectivity index (χ4v) is 5.84. The molecule has 0 aliphatic carbocycles. The number of nitrogen functional groups attached to an aromatic ring is 1. The van der Waals surface area contributed by atoms with Crippen molar-refractivity contribution in [3.8, 4) is 5.88 Å². The minimum absolute atomic E-state index is 0.0603. The maximum Gasteiger partial charge on any atom is 0.475 e. The molecule has 5 rings (SSSR count). The molecule has 3 fully saturated rings. The lowest BCUT2D eigenvalue weighted by molar-refractivity contribution is -0.230. The lowest BCUT2D eigenvalue weighted by Crippen LogP contribution is -2.55. The van der Waals surface area contributed by atoms with Gasteiger partial charge in [0.1, 0.15) is 18.4 Å². The van der Waals surface area contributed by atoms with Crippen LogP contribution in [0.2, 0.25) is 0 Å². The maximum absolute atomic E-state index is 12.8. The molecule has 5 heterocycles. The number of ether oxygens (including phenoxy) is 3. The van der Waals surface area contributed by atoms with Gasteiger partial charge in [-0.15, -0.1) is 0 Å². The molecule has 12 nitrogen and oxygen atoms in total. The Morgan fingerprint density at radius 2 is 2.17 bits per heavy atom. The lowest BCUT2D eigenvalue weighted by atomic mass is 9.89. The second kappa shape index (κ2) is 7.40. The molecule has 0 saturated carbocycles. The van der Waals surface area contributed by atoms with Crippen LogP contribution >= 0.6 is 7.82 Å². The van der Waals surface area contributed by atoms with Gasteiger partial charge in [-0.25, -0.2) is 9.55 Å². The summed E-state index contributed by atoms with van der Waals surface area (Å²) in [6, 6.07) is 0. The second-order valence-electron chi connectivity index (χ2n) is 7.74. The van der Waals surface area contributed by atoms with Gasteiger partial charge in [0, 0.05) is 12.5 Å². The molecule has 0 spiro atoms. The molecule has 30 heavy (non-hydrogen) atoms. The van der Waals surface area contributed by atoms with E-state index in [0.717, 1.165) is 6.42 Å². The Balaban J connectivity index is 1.48. The van der Waals surface area contributed by atoms with E-state index in [4.69, 9.17) is 33.5 Å². The monoisotopic (exact) mass is 441 g/mol. The molecule has 4 unspecified atom stereocenters. The highest BCUT2D eigenvalue weighted by Gasteiger charge is 2.56. The van der Waals surface area contributed by atoms with Crippen LogP contribution in [-0.4, -0.2) is 64.3 Å². The number of methoxy groups -OCH3 is 1. The van der Waals surface area contributed by atoms with E-state index in [1.165, 1.54) is 7.11 Å². The van der Waals surface area contributed by atoms with Gasteiger partial charge < -0.3 is 19.9 Å². The van der Waals surface area contributed by atoms with Gasteiger partial charge in [-0.05, 0) is 20.3 Å². The molecule has 2 N–H and O–H groups in total. The van der Waals surface area contributed by atoms with Crippen molar-refractivity contribution in [2.24, 2.45) is 5.92 Å². The number of phosphoric acid groups is 1. The average molecular weight is 441 g/mol. The van der Waals surface area contributed by atoms with Crippen LogP contribution in [0, 0.1) is 5.92 Å². The Bertz CT molecular complexity index is 1000. The molecule has 6 atom stereocenters. The number of nitrogens with two attached hydrogens (primary N) is 1. The minimum atomic E-state index is -3.68.